The van der Waals surface area contributed by atoms with E-state index in [2.05, 4.69) is 39.8 Å². The molecule has 3 aliphatic heterocycles. The van der Waals surface area contributed by atoms with Crippen LogP contribution in [-0.4, -0.2) is 74.2 Å². The summed E-state index contributed by atoms with van der Waals surface area (Å²) in [6.45, 7) is 6.38. The minimum atomic E-state index is -0.364. The topological polar surface area (TPSA) is 73.9 Å². The first-order chi connectivity index (χ1) is 13.2. The third-order valence-electron chi connectivity index (χ3n) is 6.02. The zero-order chi connectivity index (χ0) is 18.7. The lowest BCUT2D eigenvalue weighted by Gasteiger charge is -2.29. The number of ether oxygens (including phenoxy) is 1. The molecule has 0 saturated carbocycles. The van der Waals surface area contributed by atoms with E-state index in [0.29, 0.717) is 32.2 Å². The molecule has 1 aromatic rings. The lowest BCUT2D eigenvalue weighted by atomic mass is 9.80. The summed E-state index contributed by atoms with van der Waals surface area (Å²) < 4.78 is 5.04. The van der Waals surface area contributed by atoms with Crippen molar-refractivity contribution in [1.82, 2.24) is 20.4 Å². The van der Waals surface area contributed by atoms with Gasteiger partial charge in [0, 0.05) is 58.3 Å². The number of rotatable bonds is 6. The molecule has 3 aliphatic rings. The Kier molecular flexibility index (Phi) is 5.31. The number of hydrogen-bond acceptors (Lipinski definition) is 5. The second-order valence-corrected chi connectivity index (χ2v) is 7.85. The molecule has 7 heteroatoms. The van der Waals surface area contributed by atoms with E-state index >= 15 is 0 Å². The normalized spacial score (nSPS) is 28.1. The van der Waals surface area contributed by atoms with Crippen LogP contribution in [-0.2, 0) is 16.1 Å². The monoisotopic (exact) mass is 372 g/mol. The van der Waals surface area contributed by atoms with Crippen molar-refractivity contribution in [3.8, 4) is 0 Å². The Balaban J connectivity index is 1.33. The lowest BCUT2D eigenvalue weighted by molar-refractivity contribution is -0.130. The summed E-state index contributed by atoms with van der Waals surface area (Å²) in [4.78, 5) is 28.8. The van der Waals surface area contributed by atoms with Gasteiger partial charge in [0.2, 0.25) is 5.91 Å². The van der Waals surface area contributed by atoms with Gasteiger partial charge in [0.05, 0.1) is 12.0 Å². The van der Waals surface area contributed by atoms with E-state index in [1.807, 2.05) is 6.07 Å². The van der Waals surface area contributed by atoms with Gasteiger partial charge in [0.25, 0.3) is 0 Å². The Morgan fingerprint density at radius 1 is 1.33 bits per heavy atom. The summed E-state index contributed by atoms with van der Waals surface area (Å²) in [7, 11) is 0. The number of hydrogen-bond donors (Lipinski definition) is 2. The molecule has 0 radical (unpaired) electrons. The van der Waals surface area contributed by atoms with Gasteiger partial charge in [0.15, 0.2) is 0 Å². The fourth-order valence-corrected chi connectivity index (χ4v) is 4.59. The maximum Gasteiger partial charge on any atom is 0.409 e. The van der Waals surface area contributed by atoms with Gasteiger partial charge in [0.1, 0.15) is 0 Å². The van der Waals surface area contributed by atoms with Crippen molar-refractivity contribution in [2.24, 2.45) is 11.3 Å². The van der Waals surface area contributed by atoms with Gasteiger partial charge in [-0.15, -0.1) is 0 Å². The standard InChI is InChI=1S/C20H28N4O3/c25-18(22-7-9-24-8-4-10-27-19(24)26)20-14-21-11-17(20)13-23(15-20)12-16-5-2-1-3-6-16/h1-3,5-6,17,21H,4,7-15H2,(H,22,25). The van der Waals surface area contributed by atoms with E-state index in [9.17, 15) is 9.59 Å². The van der Waals surface area contributed by atoms with E-state index in [1.54, 1.807) is 4.90 Å². The highest BCUT2D eigenvalue weighted by Gasteiger charge is 2.54. The Morgan fingerprint density at radius 2 is 2.19 bits per heavy atom. The molecule has 3 fully saturated rings. The smallest absolute Gasteiger partial charge is 0.409 e. The molecule has 2 atom stereocenters. The molecule has 0 bridgehead atoms. The van der Waals surface area contributed by atoms with Crippen LogP contribution in [0.5, 0.6) is 0 Å². The number of nitrogens with zero attached hydrogens (tertiary/aromatic N) is 2. The third-order valence-corrected chi connectivity index (χ3v) is 6.02. The summed E-state index contributed by atoms with van der Waals surface area (Å²) in [5.74, 6) is 0.444. The lowest BCUT2D eigenvalue weighted by Crippen LogP contribution is -2.50. The van der Waals surface area contributed by atoms with Crippen LogP contribution in [0.1, 0.15) is 12.0 Å². The minimum Gasteiger partial charge on any atom is -0.449 e. The summed E-state index contributed by atoms with van der Waals surface area (Å²) in [6, 6.07) is 10.4. The summed E-state index contributed by atoms with van der Waals surface area (Å²) in [5.41, 5.74) is 0.918. The second-order valence-electron chi connectivity index (χ2n) is 7.85. The molecule has 3 heterocycles. The van der Waals surface area contributed by atoms with Crippen LogP contribution in [0.15, 0.2) is 30.3 Å². The van der Waals surface area contributed by atoms with Crippen molar-refractivity contribution >= 4 is 12.0 Å². The fraction of sp³-hybridized carbons (Fsp3) is 0.600. The SMILES string of the molecule is O=C1OCCCN1CCNC(=O)C12CNCC1CN(Cc1ccccc1)C2. The number of amides is 2. The molecule has 0 aliphatic carbocycles. The van der Waals surface area contributed by atoms with Crippen LogP contribution < -0.4 is 10.6 Å². The first-order valence-corrected chi connectivity index (χ1v) is 9.84. The molecule has 27 heavy (non-hydrogen) atoms. The molecule has 2 unspecified atom stereocenters. The van der Waals surface area contributed by atoms with Crippen LogP contribution in [0.2, 0.25) is 0 Å². The molecule has 2 N–H and O–H groups in total. The number of cyclic esters (lactones) is 1. The molecule has 0 spiro atoms. The molecular weight excluding hydrogens is 344 g/mol. The highest BCUT2D eigenvalue weighted by atomic mass is 16.6. The molecular formula is C20H28N4O3. The van der Waals surface area contributed by atoms with Gasteiger partial charge in [-0.2, -0.15) is 0 Å². The summed E-state index contributed by atoms with van der Waals surface area (Å²) >= 11 is 0. The first-order valence-electron chi connectivity index (χ1n) is 9.84. The third kappa shape index (κ3) is 3.80. The van der Waals surface area contributed by atoms with Crippen LogP contribution >= 0.6 is 0 Å². The second kappa shape index (κ2) is 7.86. The maximum absolute atomic E-state index is 13.1. The van der Waals surface area contributed by atoms with E-state index < -0.39 is 0 Å². The maximum atomic E-state index is 13.1. The van der Waals surface area contributed by atoms with Crippen molar-refractivity contribution in [2.75, 3.05) is 52.4 Å². The van der Waals surface area contributed by atoms with Gasteiger partial charge >= 0.3 is 6.09 Å². The van der Waals surface area contributed by atoms with Crippen molar-refractivity contribution in [3.63, 3.8) is 0 Å². The van der Waals surface area contributed by atoms with Gasteiger partial charge in [-0.25, -0.2) is 4.79 Å². The largest absolute Gasteiger partial charge is 0.449 e. The van der Waals surface area contributed by atoms with E-state index in [4.69, 9.17) is 4.74 Å². The number of carbonyl (C=O) groups excluding carboxylic acids is 2. The Hall–Kier alpha value is -2.12. The molecule has 2 amide bonds. The average Bonchev–Trinajstić information content (AvgIpc) is 3.22. The van der Waals surface area contributed by atoms with Crippen LogP contribution in [0, 0.1) is 11.3 Å². The van der Waals surface area contributed by atoms with Gasteiger partial charge in [-0.3, -0.25) is 9.69 Å². The fourth-order valence-electron chi connectivity index (χ4n) is 4.59. The quantitative estimate of drug-likeness (QED) is 0.768. The van der Waals surface area contributed by atoms with Crippen molar-refractivity contribution < 1.29 is 14.3 Å². The number of nitrogens with one attached hydrogen (secondary N) is 2. The number of likely N-dealkylation sites (tertiary alicyclic amines) is 1. The Morgan fingerprint density at radius 3 is 3.00 bits per heavy atom. The zero-order valence-electron chi connectivity index (χ0n) is 15.7. The van der Waals surface area contributed by atoms with E-state index in [-0.39, 0.29) is 17.4 Å². The molecule has 7 nitrogen and oxygen atoms in total. The van der Waals surface area contributed by atoms with Gasteiger partial charge < -0.3 is 20.3 Å². The van der Waals surface area contributed by atoms with Crippen LogP contribution in [0.3, 0.4) is 0 Å². The highest BCUT2D eigenvalue weighted by molar-refractivity contribution is 5.84. The van der Waals surface area contributed by atoms with Gasteiger partial charge in [-0.1, -0.05) is 30.3 Å². The summed E-state index contributed by atoms with van der Waals surface area (Å²) in [5, 5.41) is 6.49. The van der Waals surface area contributed by atoms with Crippen LogP contribution in [0.4, 0.5) is 4.79 Å². The first kappa shape index (κ1) is 18.3. The Bertz CT molecular complexity index is 683. The van der Waals surface area contributed by atoms with Crippen molar-refractivity contribution in [1.29, 1.82) is 0 Å². The molecule has 3 saturated heterocycles. The number of fused-ring (bicyclic) bond motifs is 1. The zero-order valence-corrected chi connectivity index (χ0v) is 15.7. The number of benzene rings is 1. The van der Waals surface area contributed by atoms with E-state index in [1.165, 1.54) is 5.56 Å². The predicted molar refractivity (Wildman–Crippen MR) is 101 cm³/mol. The highest BCUT2D eigenvalue weighted by Crippen LogP contribution is 2.39. The van der Waals surface area contributed by atoms with Crippen molar-refractivity contribution in [2.45, 2.75) is 13.0 Å². The minimum absolute atomic E-state index is 0.110. The van der Waals surface area contributed by atoms with E-state index in [0.717, 1.165) is 39.1 Å². The van der Waals surface area contributed by atoms with Gasteiger partial charge in [-0.05, 0) is 12.0 Å². The van der Waals surface area contributed by atoms with Crippen LogP contribution in [0.25, 0.3) is 0 Å². The molecule has 0 aromatic heterocycles. The van der Waals surface area contributed by atoms with Crippen molar-refractivity contribution in [3.05, 3.63) is 35.9 Å². The molecule has 1 aromatic carbocycles. The molecule has 146 valence electrons. The number of carbonyl (C=O) groups is 2. The predicted octanol–water partition coefficient (Wildman–Crippen LogP) is 0.667. The Labute approximate surface area is 160 Å². The molecule has 4 rings (SSSR count). The average molecular weight is 372 g/mol. The summed E-state index contributed by atoms with van der Waals surface area (Å²) in [6.07, 6.45) is 0.577.